The third-order valence-corrected chi connectivity index (χ3v) is 2.60. The van der Waals surface area contributed by atoms with Crippen molar-refractivity contribution in [2.24, 2.45) is 0 Å². The number of aromatic carboxylic acids is 1. The van der Waals surface area contributed by atoms with E-state index in [0.717, 1.165) is 12.1 Å². The van der Waals surface area contributed by atoms with Crippen molar-refractivity contribution in [2.45, 2.75) is 13.1 Å². The number of H-pyrrole nitrogens is 1. The molecule has 2 N–H and O–H groups in total. The summed E-state index contributed by atoms with van der Waals surface area (Å²) in [6.07, 6.45) is -4.43. The smallest absolute Gasteiger partial charge is 0.416 e. The highest BCUT2D eigenvalue weighted by atomic mass is 19.4. The highest BCUT2D eigenvalue weighted by Gasteiger charge is 2.31. The lowest BCUT2D eigenvalue weighted by Crippen LogP contribution is -2.04. The number of aromatic amines is 1. The van der Waals surface area contributed by atoms with Crippen molar-refractivity contribution >= 4 is 16.9 Å². The monoisotopic (exact) mass is 243 g/mol. The molecule has 0 bridgehead atoms. The lowest BCUT2D eigenvalue weighted by atomic mass is 10.1. The molecular formula is C11H8F3NO2. The predicted octanol–water partition coefficient (Wildman–Crippen LogP) is 3.19. The Bertz CT molecular complexity index is 599. The summed E-state index contributed by atoms with van der Waals surface area (Å²) in [6.45, 7) is 1.47. The number of halogens is 3. The standard InChI is InChI=1S/C11H8F3NO2/c1-5-7-4-6(11(12,13)14)2-3-8(7)15-9(5)10(16)17/h2-4,15H,1H3,(H,16,17). The van der Waals surface area contributed by atoms with E-state index < -0.39 is 17.7 Å². The number of rotatable bonds is 1. The molecule has 1 heterocycles. The summed E-state index contributed by atoms with van der Waals surface area (Å²) in [4.78, 5) is 13.4. The average molecular weight is 243 g/mol. The minimum absolute atomic E-state index is 0.0840. The molecule has 0 amide bonds. The second kappa shape index (κ2) is 3.51. The molecule has 0 fully saturated rings. The maximum atomic E-state index is 12.5. The number of carbonyl (C=O) groups is 1. The van der Waals surface area contributed by atoms with Gasteiger partial charge in [0.25, 0.3) is 0 Å². The number of carboxylic acids is 1. The molecular weight excluding hydrogens is 235 g/mol. The fourth-order valence-electron chi connectivity index (χ4n) is 1.72. The first-order chi connectivity index (χ1) is 7.80. The Hall–Kier alpha value is -1.98. The first-order valence-corrected chi connectivity index (χ1v) is 4.73. The van der Waals surface area contributed by atoms with Gasteiger partial charge in [-0.15, -0.1) is 0 Å². The van der Waals surface area contributed by atoms with Crippen molar-refractivity contribution in [3.63, 3.8) is 0 Å². The molecule has 90 valence electrons. The van der Waals surface area contributed by atoms with Gasteiger partial charge >= 0.3 is 12.1 Å². The van der Waals surface area contributed by atoms with Crippen molar-refractivity contribution in [2.75, 3.05) is 0 Å². The lowest BCUT2D eigenvalue weighted by Gasteiger charge is -2.06. The summed E-state index contributed by atoms with van der Waals surface area (Å²) in [5.74, 6) is -1.19. The summed E-state index contributed by atoms with van der Waals surface area (Å²) in [5, 5.41) is 9.12. The molecule has 2 aromatic rings. The second-order valence-corrected chi connectivity index (χ2v) is 3.69. The summed E-state index contributed by atoms with van der Waals surface area (Å²) < 4.78 is 37.5. The molecule has 2 rings (SSSR count). The minimum Gasteiger partial charge on any atom is -0.477 e. The molecule has 0 aliphatic rings. The Balaban J connectivity index is 2.70. The topological polar surface area (TPSA) is 53.1 Å². The highest BCUT2D eigenvalue weighted by Crippen LogP contribution is 2.32. The summed E-state index contributed by atoms with van der Waals surface area (Å²) in [5.41, 5.74) is -0.185. The van der Waals surface area contributed by atoms with Gasteiger partial charge in [0.05, 0.1) is 5.56 Å². The van der Waals surface area contributed by atoms with Gasteiger partial charge in [0.1, 0.15) is 5.69 Å². The van der Waals surface area contributed by atoms with Gasteiger partial charge in [0.15, 0.2) is 0 Å². The molecule has 3 nitrogen and oxygen atoms in total. The van der Waals surface area contributed by atoms with Crippen LogP contribution in [0.15, 0.2) is 18.2 Å². The Morgan fingerprint density at radius 2 is 2.00 bits per heavy atom. The van der Waals surface area contributed by atoms with Gasteiger partial charge < -0.3 is 10.1 Å². The zero-order chi connectivity index (χ0) is 12.8. The maximum Gasteiger partial charge on any atom is 0.416 e. The molecule has 0 atom stereocenters. The molecule has 0 saturated heterocycles. The maximum absolute atomic E-state index is 12.5. The van der Waals surface area contributed by atoms with Crippen LogP contribution in [-0.4, -0.2) is 16.1 Å². The molecule has 17 heavy (non-hydrogen) atoms. The zero-order valence-electron chi connectivity index (χ0n) is 8.72. The van der Waals surface area contributed by atoms with E-state index in [2.05, 4.69) is 4.98 Å². The first kappa shape index (κ1) is 11.5. The Morgan fingerprint density at radius 3 is 2.53 bits per heavy atom. The fourth-order valence-corrected chi connectivity index (χ4v) is 1.72. The third kappa shape index (κ3) is 1.86. The largest absolute Gasteiger partial charge is 0.477 e. The zero-order valence-corrected chi connectivity index (χ0v) is 8.72. The number of aryl methyl sites for hydroxylation is 1. The van der Waals surface area contributed by atoms with E-state index in [4.69, 9.17) is 5.11 Å². The Labute approximate surface area is 93.9 Å². The normalized spacial score (nSPS) is 12.0. The SMILES string of the molecule is Cc1c(C(=O)O)[nH]c2ccc(C(F)(F)F)cc12. The second-order valence-electron chi connectivity index (χ2n) is 3.69. The van der Waals surface area contributed by atoms with Gasteiger partial charge in [-0.1, -0.05) is 0 Å². The van der Waals surface area contributed by atoms with Crippen LogP contribution in [-0.2, 0) is 6.18 Å². The molecule has 6 heteroatoms. The van der Waals surface area contributed by atoms with E-state index in [1.54, 1.807) is 0 Å². The van der Waals surface area contributed by atoms with E-state index in [9.17, 15) is 18.0 Å². The van der Waals surface area contributed by atoms with E-state index in [-0.39, 0.29) is 11.1 Å². The van der Waals surface area contributed by atoms with Gasteiger partial charge in [-0.25, -0.2) is 4.79 Å². The number of hydrogen-bond donors (Lipinski definition) is 2. The molecule has 1 aromatic carbocycles. The molecule has 0 unspecified atom stereocenters. The molecule has 0 spiro atoms. The van der Waals surface area contributed by atoms with Crippen molar-refractivity contribution in [1.82, 2.24) is 4.98 Å². The fraction of sp³-hybridized carbons (Fsp3) is 0.182. The van der Waals surface area contributed by atoms with Crippen LogP contribution in [0.4, 0.5) is 13.2 Å². The first-order valence-electron chi connectivity index (χ1n) is 4.73. The van der Waals surface area contributed by atoms with E-state index in [0.29, 0.717) is 11.1 Å². The predicted molar refractivity (Wildman–Crippen MR) is 55.0 cm³/mol. The molecule has 0 aliphatic heterocycles. The van der Waals surface area contributed by atoms with Gasteiger partial charge in [0.2, 0.25) is 0 Å². The number of carboxylic acid groups (broad SMARTS) is 1. The summed E-state index contributed by atoms with van der Waals surface area (Å²) >= 11 is 0. The molecule has 0 saturated carbocycles. The van der Waals surface area contributed by atoms with Crippen LogP contribution < -0.4 is 0 Å². The van der Waals surface area contributed by atoms with Crippen LogP contribution >= 0.6 is 0 Å². The van der Waals surface area contributed by atoms with Crippen LogP contribution in [0.5, 0.6) is 0 Å². The van der Waals surface area contributed by atoms with Crippen molar-refractivity contribution < 1.29 is 23.1 Å². The van der Waals surface area contributed by atoms with E-state index in [1.165, 1.54) is 13.0 Å². The Kier molecular flexibility index (Phi) is 2.38. The Morgan fingerprint density at radius 1 is 1.35 bits per heavy atom. The van der Waals surface area contributed by atoms with Gasteiger partial charge in [-0.3, -0.25) is 0 Å². The van der Waals surface area contributed by atoms with Crippen LogP contribution in [0, 0.1) is 6.92 Å². The van der Waals surface area contributed by atoms with Gasteiger partial charge in [-0.05, 0) is 30.7 Å². The van der Waals surface area contributed by atoms with Gasteiger partial charge in [0, 0.05) is 10.9 Å². The number of fused-ring (bicyclic) bond motifs is 1. The van der Waals surface area contributed by atoms with Crippen molar-refractivity contribution in [3.05, 3.63) is 35.0 Å². The van der Waals surface area contributed by atoms with Crippen molar-refractivity contribution in [1.29, 1.82) is 0 Å². The van der Waals surface area contributed by atoms with E-state index in [1.807, 2.05) is 0 Å². The number of benzene rings is 1. The van der Waals surface area contributed by atoms with E-state index >= 15 is 0 Å². The number of hydrogen-bond acceptors (Lipinski definition) is 1. The highest BCUT2D eigenvalue weighted by molar-refractivity contribution is 5.97. The van der Waals surface area contributed by atoms with Crippen LogP contribution in [0.1, 0.15) is 21.6 Å². The molecule has 1 aromatic heterocycles. The summed E-state index contributed by atoms with van der Waals surface area (Å²) in [7, 11) is 0. The number of aromatic nitrogens is 1. The molecule has 0 aliphatic carbocycles. The summed E-state index contributed by atoms with van der Waals surface area (Å²) in [6, 6.07) is 3.11. The minimum atomic E-state index is -4.43. The van der Waals surface area contributed by atoms with Gasteiger partial charge in [-0.2, -0.15) is 13.2 Å². The van der Waals surface area contributed by atoms with Crippen LogP contribution in [0.3, 0.4) is 0 Å². The number of nitrogens with one attached hydrogen (secondary N) is 1. The third-order valence-electron chi connectivity index (χ3n) is 2.60. The number of alkyl halides is 3. The molecule has 0 radical (unpaired) electrons. The van der Waals surface area contributed by atoms with Crippen LogP contribution in [0.2, 0.25) is 0 Å². The quantitative estimate of drug-likeness (QED) is 0.808. The average Bonchev–Trinajstić information content (AvgIpc) is 2.54. The van der Waals surface area contributed by atoms with Crippen LogP contribution in [0.25, 0.3) is 10.9 Å². The lowest BCUT2D eigenvalue weighted by molar-refractivity contribution is -0.137. The van der Waals surface area contributed by atoms with Crippen molar-refractivity contribution in [3.8, 4) is 0 Å².